The number of carbonyl (C=O) groups is 1. The lowest BCUT2D eigenvalue weighted by atomic mass is 10.1. The third-order valence-electron chi connectivity index (χ3n) is 4.27. The van der Waals surface area contributed by atoms with Crippen LogP contribution in [0.3, 0.4) is 0 Å². The maximum Gasteiger partial charge on any atom is 0.308 e. The molecule has 0 atom stereocenters. The Kier molecular flexibility index (Phi) is 7.68. The minimum Gasteiger partial charge on any atom is -0.490 e. The van der Waals surface area contributed by atoms with Gasteiger partial charge in [0, 0.05) is 11.6 Å². The van der Waals surface area contributed by atoms with Crippen LogP contribution in [0.4, 0.5) is 0 Å². The Balaban J connectivity index is 1.54. The molecule has 3 rings (SSSR count). The number of hydrogen-bond donors (Lipinski definition) is 1. The lowest BCUT2D eigenvalue weighted by Crippen LogP contribution is -2.26. The summed E-state index contributed by atoms with van der Waals surface area (Å²) >= 11 is 6.14. The molecule has 0 fully saturated rings. The monoisotopic (exact) mass is 429 g/mol. The van der Waals surface area contributed by atoms with Crippen LogP contribution in [0.1, 0.15) is 41.6 Å². The number of rotatable bonds is 10. The van der Waals surface area contributed by atoms with E-state index in [1.54, 1.807) is 6.07 Å². The van der Waals surface area contributed by atoms with E-state index >= 15 is 0 Å². The highest BCUT2D eigenvalue weighted by molar-refractivity contribution is 6.31. The Morgan fingerprint density at radius 3 is 2.60 bits per heavy atom. The summed E-state index contributed by atoms with van der Waals surface area (Å²) in [6.07, 6.45) is 0.991. The molecule has 0 saturated carbocycles. The highest BCUT2D eigenvalue weighted by Crippen LogP contribution is 2.28. The number of nitrogens with one attached hydrogen (secondary N) is 1. The molecule has 0 aliphatic rings. The second kappa shape index (κ2) is 10.6. The summed E-state index contributed by atoms with van der Waals surface area (Å²) in [5.41, 5.74) is 1.88. The number of carbonyl (C=O) groups excluding carboxylic acids is 1. The number of benzene rings is 2. The van der Waals surface area contributed by atoms with Gasteiger partial charge >= 0.3 is 11.8 Å². The lowest BCUT2D eigenvalue weighted by molar-refractivity contribution is 0.0918. The summed E-state index contributed by atoms with van der Waals surface area (Å²) < 4.78 is 16.7. The van der Waals surface area contributed by atoms with Crippen molar-refractivity contribution in [1.82, 2.24) is 15.5 Å². The first-order valence-corrected chi connectivity index (χ1v) is 10.2. The van der Waals surface area contributed by atoms with E-state index in [1.165, 1.54) is 0 Å². The maximum atomic E-state index is 12.3. The molecule has 0 saturated heterocycles. The van der Waals surface area contributed by atoms with E-state index in [0.717, 1.165) is 11.1 Å². The Bertz CT molecular complexity index is 990. The second-order valence-corrected chi connectivity index (χ2v) is 6.83. The van der Waals surface area contributed by atoms with Gasteiger partial charge < -0.3 is 19.2 Å². The van der Waals surface area contributed by atoms with Crippen LogP contribution in [0.15, 0.2) is 46.9 Å². The van der Waals surface area contributed by atoms with E-state index in [2.05, 4.69) is 15.5 Å². The van der Waals surface area contributed by atoms with E-state index in [1.807, 2.05) is 50.2 Å². The van der Waals surface area contributed by atoms with Crippen LogP contribution in [-0.4, -0.2) is 35.9 Å². The molecule has 0 radical (unpaired) electrons. The summed E-state index contributed by atoms with van der Waals surface area (Å²) in [7, 11) is 0. The number of amides is 1. The molecule has 0 spiro atoms. The molecule has 1 aromatic heterocycles. The number of hydrogen-bond acceptors (Lipinski definition) is 6. The van der Waals surface area contributed by atoms with Gasteiger partial charge in [-0.1, -0.05) is 35.9 Å². The van der Waals surface area contributed by atoms with Gasteiger partial charge in [-0.2, -0.15) is 0 Å². The summed E-state index contributed by atoms with van der Waals surface area (Å²) in [5, 5.41) is 11.2. The molecule has 0 unspecified atom stereocenters. The van der Waals surface area contributed by atoms with Crippen molar-refractivity contribution in [2.75, 3.05) is 19.8 Å². The Morgan fingerprint density at radius 1 is 1.07 bits per heavy atom. The normalized spacial score (nSPS) is 10.6. The third-order valence-corrected chi connectivity index (χ3v) is 4.64. The van der Waals surface area contributed by atoms with Gasteiger partial charge in [0.25, 0.3) is 0 Å². The highest BCUT2D eigenvalue weighted by atomic mass is 35.5. The molecule has 1 amide bonds. The van der Waals surface area contributed by atoms with Gasteiger partial charge in [0.1, 0.15) is 0 Å². The van der Waals surface area contributed by atoms with Crippen LogP contribution in [0.2, 0.25) is 5.02 Å². The topological polar surface area (TPSA) is 86.5 Å². The molecule has 30 heavy (non-hydrogen) atoms. The van der Waals surface area contributed by atoms with E-state index in [4.69, 9.17) is 25.5 Å². The smallest absolute Gasteiger partial charge is 0.308 e. The molecular weight excluding hydrogens is 406 g/mol. The fraction of sp³-hybridized carbons (Fsp3) is 0.318. The number of ether oxygens (including phenoxy) is 2. The van der Waals surface area contributed by atoms with Crippen LogP contribution in [0.25, 0.3) is 0 Å². The van der Waals surface area contributed by atoms with Crippen molar-refractivity contribution >= 4 is 17.5 Å². The fourth-order valence-corrected chi connectivity index (χ4v) is 3.07. The Morgan fingerprint density at radius 2 is 1.83 bits per heavy atom. The molecule has 7 nitrogen and oxygen atoms in total. The molecule has 1 N–H and O–H groups in total. The van der Waals surface area contributed by atoms with Gasteiger partial charge in [-0.15, -0.1) is 10.2 Å². The van der Waals surface area contributed by atoms with Crippen molar-refractivity contribution in [1.29, 1.82) is 0 Å². The quantitative estimate of drug-likeness (QED) is 0.522. The first kappa shape index (κ1) is 21.6. The van der Waals surface area contributed by atoms with Gasteiger partial charge in [0.05, 0.1) is 19.6 Å². The van der Waals surface area contributed by atoms with Crippen molar-refractivity contribution in [3.8, 4) is 11.5 Å². The van der Waals surface area contributed by atoms with E-state index in [0.29, 0.717) is 55.0 Å². The largest absolute Gasteiger partial charge is 0.490 e. The van der Waals surface area contributed by atoms with Crippen LogP contribution < -0.4 is 14.8 Å². The number of aromatic nitrogens is 2. The van der Waals surface area contributed by atoms with Gasteiger partial charge in [0.2, 0.25) is 5.89 Å². The average Bonchev–Trinajstić information content (AvgIpc) is 3.20. The molecular formula is C22H24ClN3O4. The van der Waals surface area contributed by atoms with Crippen molar-refractivity contribution in [2.24, 2.45) is 0 Å². The summed E-state index contributed by atoms with van der Waals surface area (Å²) in [6, 6.07) is 13.1. The van der Waals surface area contributed by atoms with Crippen molar-refractivity contribution in [3.05, 3.63) is 70.4 Å². The zero-order chi connectivity index (χ0) is 21.3. The molecule has 1 heterocycles. The second-order valence-electron chi connectivity index (χ2n) is 6.42. The van der Waals surface area contributed by atoms with Gasteiger partial charge in [0.15, 0.2) is 11.5 Å². The fourth-order valence-electron chi connectivity index (χ4n) is 2.87. The third kappa shape index (κ3) is 5.73. The van der Waals surface area contributed by atoms with Crippen LogP contribution in [0.5, 0.6) is 11.5 Å². The zero-order valence-corrected chi connectivity index (χ0v) is 17.7. The van der Waals surface area contributed by atoms with E-state index < -0.39 is 5.91 Å². The SMILES string of the molecule is CCOc1ccc(CCNC(=O)c2nnc(Cc3ccccc3Cl)o2)cc1OCC. The standard InChI is InChI=1S/C22H24ClN3O4/c1-3-28-18-10-9-15(13-19(18)29-4-2)11-12-24-21(27)22-26-25-20(30-22)14-16-7-5-6-8-17(16)23/h5-10,13H,3-4,11-12,14H2,1-2H3,(H,24,27). The van der Waals surface area contributed by atoms with Crippen molar-refractivity contribution in [2.45, 2.75) is 26.7 Å². The van der Waals surface area contributed by atoms with Gasteiger partial charge in [-0.3, -0.25) is 4.79 Å². The zero-order valence-electron chi connectivity index (χ0n) is 17.0. The molecule has 2 aromatic carbocycles. The predicted octanol–water partition coefficient (Wildman–Crippen LogP) is 4.08. The highest BCUT2D eigenvalue weighted by Gasteiger charge is 2.15. The maximum absolute atomic E-state index is 12.3. The van der Waals surface area contributed by atoms with E-state index in [9.17, 15) is 4.79 Å². The number of halogens is 1. The van der Waals surface area contributed by atoms with E-state index in [-0.39, 0.29) is 5.89 Å². The molecule has 8 heteroatoms. The predicted molar refractivity (Wildman–Crippen MR) is 113 cm³/mol. The van der Waals surface area contributed by atoms with Crippen LogP contribution in [0, 0.1) is 0 Å². The minimum atomic E-state index is -0.413. The van der Waals surface area contributed by atoms with Crippen molar-refractivity contribution < 1.29 is 18.7 Å². The van der Waals surface area contributed by atoms with Gasteiger partial charge in [-0.05, 0) is 49.6 Å². The molecule has 0 bridgehead atoms. The molecule has 3 aromatic rings. The summed E-state index contributed by atoms with van der Waals surface area (Å²) in [4.78, 5) is 12.3. The number of nitrogens with zero attached hydrogens (tertiary/aromatic N) is 2. The first-order valence-electron chi connectivity index (χ1n) is 9.83. The molecule has 0 aliphatic carbocycles. The van der Waals surface area contributed by atoms with Crippen LogP contribution in [-0.2, 0) is 12.8 Å². The van der Waals surface area contributed by atoms with Crippen LogP contribution >= 0.6 is 11.6 Å². The summed E-state index contributed by atoms with van der Waals surface area (Å²) in [5.74, 6) is 1.26. The van der Waals surface area contributed by atoms with Crippen molar-refractivity contribution in [3.63, 3.8) is 0 Å². The first-order chi connectivity index (χ1) is 14.6. The molecule has 0 aliphatic heterocycles. The van der Waals surface area contributed by atoms with Gasteiger partial charge in [-0.25, -0.2) is 0 Å². The average molecular weight is 430 g/mol. The Labute approximate surface area is 180 Å². The summed E-state index contributed by atoms with van der Waals surface area (Å²) in [6.45, 7) is 5.39. The lowest BCUT2D eigenvalue weighted by Gasteiger charge is -2.12. The molecule has 158 valence electrons. The Hall–Kier alpha value is -3.06. The minimum absolute atomic E-state index is 0.0706.